The number of anilines is 1. The topological polar surface area (TPSA) is 28.2 Å². The molecule has 21 heavy (non-hydrogen) atoms. The molecule has 0 spiro atoms. The van der Waals surface area contributed by atoms with Crippen LogP contribution in [0.2, 0.25) is 0 Å². The van der Waals surface area contributed by atoms with Crippen LogP contribution in [0.4, 0.5) is 5.13 Å². The van der Waals surface area contributed by atoms with Crippen LogP contribution in [-0.2, 0) is 6.54 Å². The zero-order chi connectivity index (χ0) is 15.4. The average Bonchev–Trinajstić information content (AvgIpc) is 2.90. The highest BCUT2D eigenvalue weighted by Crippen LogP contribution is 2.35. The minimum atomic E-state index is 0.553. The number of nitrogens with zero attached hydrogens (tertiary/aromatic N) is 2. The van der Waals surface area contributed by atoms with Crippen molar-refractivity contribution in [3.63, 3.8) is 0 Å². The number of thiazole rings is 1. The van der Waals surface area contributed by atoms with E-state index in [1.807, 2.05) is 18.4 Å². The number of nitrogens with one attached hydrogen (secondary N) is 1. The molecular weight excluding hydrogens is 278 g/mol. The smallest absolute Gasteiger partial charge is 0.185 e. The fraction of sp³-hybridized carbons (Fsp3) is 0.824. The minimum Gasteiger partial charge on any atom is -0.348 e. The molecule has 1 aliphatic carbocycles. The Kier molecular flexibility index (Phi) is 6.06. The fourth-order valence-electron chi connectivity index (χ4n) is 3.28. The Hall–Kier alpha value is -0.610. The predicted octanol–water partition coefficient (Wildman–Crippen LogP) is 4.39. The molecule has 0 aromatic carbocycles. The second kappa shape index (κ2) is 7.59. The summed E-state index contributed by atoms with van der Waals surface area (Å²) in [5.41, 5.74) is 1.31. The van der Waals surface area contributed by atoms with Gasteiger partial charge in [-0.2, -0.15) is 0 Å². The van der Waals surface area contributed by atoms with Gasteiger partial charge in [-0.05, 0) is 38.1 Å². The molecular formula is C17H31N3S. The van der Waals surface area contributed by atoms with E-state index in [1.165, 1.54) is 41.4 Å². The van der Waals surface area contributed by atoms with Crippen LogP contribution in [-0.4, -0.2) is 25.1 Å². The Labute approximate surface area is 134 Å². The van der Waals surface area contributed by atoms with Crippen LogP contribution in [0, 0.1) is 5.92 Å². The van der Waals surface area contributed by atoms with E-state index in [9.17, 15) is 0 Å². The van der Waals surface area contributed by atoms with Crippen molar-refractivity contribution in [3.05, 3.63) is 10.6 Å². The lowest BCUT2D eigenvalue weighted by atomic mass is 9.86. The van der Waals surface area contributed by atoms with E-state index >= 15 is 0 Å². The Morgan fingerprint density at radius 2 is 2.19 bits per heavy atom. The largest absolute Gasteiger partial charge is 0.348 e. The molecule has 1 aliphatic rings. The minimum absolute atomic E-state index is 0.553. The van der Waals surface area contributed by atoms with Gasteiger partial charge in [-0.15, -0.1) is 11.3 Å². The maximum Gasteiger partial charge on any atom is 0.185 e. The van der Waals surface area contributed by atoms with Crippen molar-refractivity contribution in [1.82, 2.24) is 10.3 Å². The molecule has 2 rings (SSSR count). The third kappa shape index (κ3) is 3.98. The third-order valence-corrected chi connectivity index (χ3v) is 6.05. The predicted molar refractivity (Wildman–Crippen MR) is 93.4 cm³/mol. The van der Waals surface area contributed by atoms with Crippen molar-refractivity contribution in [2.24, 2.45) is 5.92 Å². The highest BCUT2D eigenvalue weighted by Gasteiger charge is 2.25. The van der Waals surface area contributed by atoms with Gasteiger partial charge in [0.2, 0.25) is 0 Å². The highest BCUT2D eigenvalue weighted by molar-refractivity contribution is 7.15. The highest BCUT2D eigenvalue weighted by atomic mass is 32.1. The molecule has 0 bridgehead atoms. The van der Waals surface area contributed by atoms with Gasteiger partial charge in [-0.25, -0.2) is 4.98 Å². The molecule has 1 N–H and O–H groups in total. The van der Waals surface area contributed by atoms with Crippen LogP contribution < -0.4 is 10.2 Å². The normalized spacial score (nSPS) is 24.0. The summed E-state index contributed by atoms with van der Waals surface area (Å²) in [6, 6.07) is 0.673. The molecule has 1 heterocycles. The molecule has 0 radical (unpaired) electrons. The molecule has 1 saturated carbocycles. The Morgan fingerprint density at radius 3 is 2.81 bits per heavy atom. The van der Waals surface area contributed by atoms with Crippen LogP contribution >= 0.6 is 11.3 Å². The van der Waals surface area contributed by atoms with Crippen LogP contribution in [0.15, 0.2) is 0 Å². The molecule has 4 heteroatoms. The van der Waals surface area contributed by atoms with E-state index in [2.05, 4.69) is 38.0 Å². The van der Waals surface area contributed by atoms with E-state index in [4.69, 9.17) is 4.98 Å². The number of hydrogen-bond acceptors (Lipinski definition) is 4. The van der Waals surface area contributed by atoms with Crippen molar-refractivity contribution in [3.8, 4) is 0 Å². The van der Waals surface area contributed by atoms with Gasteiger partial charge in [0.1, 0.15) is 0 Å². The van der Waals surface area contributed by atoms with E-state index in [-0.39, 0.29) is 0 Å². The summed E-state index contributed by atoms with van der Waals surface area (Å²) in [5.74, 6) is 1.41. The van der Waals surface area contributed by atoms with Gasteiger partial charge in [-0.1, -0.05) is 33.6 Å². The standard InChI is InChI=1S/C17H31N3S/c1-6-13(3)16-15(11-18-4)21-17(19-16)20(5)14-9-7-8-12(2)10-14/h12-14,18H,6-11H2,1-5H3. The molecule has 1 fully saturated rings. The lowest BCUT2D eigenvalue weighted by Gasteiger charge is -2.34. The summed E-state index contributed by atoms with van der Waals surface area (Å²) in [5, 5.41) is 4.51. The fourth-order valence-corrected chi connectivity index (χ4v) is 4.50. The van der Waals surface area contributed by atoms with Crippen molar-refractivity contribution in [2.45, 2.75) is 71.4 Å². The van der Waals surface area contributed by atoms with Crippen LogP contribution in [0.1, 0.15) is 69.4 Å². The Bertz CT molecular complexity index is 443. The van der Waals surface area contributed by atoms with Crippen molar-refractivity contribution in [1.29, 1.82) is 0 Å². The van der Waals surface area contributed by atoms with Gasteiger partial charge in [-0.3, -0.25) is 0 Å². The maximum atomic E-state index is 5.00. The second-order valence-electron chi connectivity index (χ2n) is 6.68. The maximum absolute atomic E-state index is 5.00. The van der Waals surface area contributed by atoms with Gasteiger partial charge < -0.3 is 10.2 Å². The van der Waals surface area contributed by atoms with Gasteiger partial charge in [0.15, 0.2) is 5.13 Å². The summed E-state index contributed by atoms with van der Waals surface area (Å²) < 4.78 is 0. The van der Waals surface area contributed by atoms with Crippen LogP contribution in [0.25, 0.3) is 0 Å². The Balaban J connectivity index is 2.18. The van der Waals surface area contributed by atoms with Crippen molar-refractivity contribution in [2.75, 3.05) is 19.0 Å². The SMILES string of the molecule is CCC(C)c1nc(N(C)C2CCCC(C)C2)sc1CNC. The number of aromatic nitrogens is 1. The lowest BCUT2D eigenvalue weighted by Crippen LogP contribution is -2.35. The molecule has 3 unspecified atom stereocenters. The number of rotatable bonds is 6. The number of hydrogen-bond donors (Lipinski definition) is 1. The van der Waals surface area contributed by atoms with E-state index < -0.39 is 0 Å². The van der Waals surface area contributed by atoms with E-state index in [0.717, 1.165) is 18.9 Å². The summed E-state index contributed by atoms with van der Waals surface area (Å²) in [4.78, 5) is 8.87. The van der Waals surface area contributed by atoms with Crippen LogP contribution in [0.3, 0.4) is 0 Å². The van der Waals surface area contributed by atoms with Crippen molar-refractivity contribution >= 4 is 16.5 Å². The molecule has 0 aliphatic heterocycles. The summed E-state index contributed by atoms with van der Waals surface area (Å²) in [7, 11) is 4.26. The first kappa shape index (κ1) is 16.8. The summed E-state index contributed by atoms with van der Waals surface area (Å²) in [6.45, 7) is 7.87. The van der Waals surface area contributed by atoms with Gasteiger partial charge in [0.25, 0.3) is 0 Å². The summed E-state index contributed by atoms with van der Waals surface area (Å²) in [6.07, 6.45) is 6.55. The van der Waals surface area contributed by atoms with Gasteiger partial charge >= 0.3 is 0 Å². The zero-order valence-electron chi connectivity index (χ0n) is 14.3. The van der Waals surface area contributed by atoms with Gasteiger partial charge in [0.05, 0.1) is 5.69 Å². The van der Waals surface area contributed by atoms with E-state index in [1.54, 1.807) is 0 Å². The molecule has 3 atom stereocenters. The first-order valence-corrected chi connectivity index (χ1v) is 9.25. The molecule has 1 aromatic heterocycles. The lowest BCUT2D eigenvalue weighted by molar-refractivity contribution is 0.336. The monoisotopic (exact) mass is 309 g/mol. The first-order valence-electron chi connectivity index (χ1n) is 8.43. The van der Waals surface area contributed by atoms with Gasteiger partial charge in [0, 0.05) is 24.5 Å². The molecule has 1 aromatic rings. The summed E-state index contributed by atoms with van der Waals surface area (Å²) >= 11 is 1.88. The molecule has 3 nitrogen and oxygen atoms in total. The van der Waals surface area contributed by atoms with E-state index in [0.29, 0.717) is 12.0 Å². The molecule has 0 saturated heterocycles. The van der Waals surface area contributed by atoms with Crippen LogP contribution in [0.5, 0.6) is 0 Å². The first-order chi connectivity index (χ1) is 10.1. The molecule has 0 amide bonds. The average molecular weight is 310 g/mol. The quantitative estimate of drug-likeness (QED) is 0.844. The molecule has 120 valence electrons. The second-order valence-corrected chi connectivity index (χ2v) is 7.74. The van der Waals surface area contributed by atoms with Crippen molar-refractivity contribution < 1.29 is 0 Å². The Morgan fingerprint density at radius 1 is 1.43 bits per heavy atom. The third-order valence-electron chi connectivity index (χ3n) is 4.89. The zero-order valence-corrected chi connectivity index (χ0v) is 15.1.